The number of nitrogens with one attached hydrogen (secondary N) is 2. The Bertz CT molecular complexity index is 1040. The van der Waals surface area contributed by atoms with Crippen molar-refractivity contribution in [2.24, 2.45) is 5.92 Å². The van der Waals surface area contributed by atoms with Gasteiger partial charge in [0.25, 0.3) is 0 Å². The van der Waals surface area contributed by atoms with Gasteiger partial charge in [0.2, 0.25) is 5.91 Å². The predicted molar refractivity (Wildman–Crippen MR) is 132 cm³/mol. The van der Waals surface area contributed by atoms with Crippen molar-refractivity contribution in [1.29, 1.82) is 0 Å². The van der Waals surface area contributed by atoms with E-state index in [4.69, 9.17) is 4.74 Å². The molecule has 0 heterocycles. The van der Waals surface area contributed by atoms with Crippen molar-refractivity contribution in [3.63, 3.8) is 0 Å². The van der Waals surface area contributed by atoms with Crippen molar-refractivity contribution in [3.05, 3.63) is 59.7 Å². The molecule has 35 heavy (non-hydrogen) atoms. The molecule has 0 bridgehead atoms. The highest BCUT2D eigenvalue weighted by molar-refractivity contribution is 5.85. The molecule has 1 unspecified atom stereocenters. The molecule has 0 saturated heterocycles. The van der Waals surface area contributed by atoms with Gasteiger partial charge < -0.3 is 25.4 Å². The quantitative estimate of drug-likeness (QED) is 0.537. The third-order valence-electron chi connectivity index (χ3n) is 6.87. The zero-order chi connectivity index (χ0) is 24.9. The smallest absolute Gasteiger partial charge is 0.407 e. The van der Waals surface area contributed by atoms with Crippen molar-refractivity contribution >= 4 is 18.0 Å². The van der Waals surface area contributed by atoms with Gasteiger partial charge in [0, 0.05) is 24.4 Å². The fraction of sp³-hybridized carbons (Fsp3) is 0.444. The minimum absolute atomic E-state index is 0.0114. The van der Waals surface area contributed by atoms with Gasteiger partial charge in [-0.3, -0.25) is 4.79 Å². The fourth-order valence-corrected chi connectivity index (χ4v) is 5.21. The summed E-state index contributed by atoms with van der Waals surface area (Å²) in [5.41, 5.74) is 4.66. The zero-order valence-corrected chi connectivity index (χ0v) is 20.2. The number of alkyl carbamates (subject to hydrolysis) is 1. The molecule has 8 nitrogen and oxygen atoms in total. The Balaban J connectivity index is 1.31. The first-order chi connectivity index (χ1) is 16.8. The van der Waals surface area contributed by atoms with Crippen LogP contribution in [-0.4, -0.2) is 67.3 Å². The molecule has 4 rings (SSSR count). The molecule has 3 atom stereocenters. The Morgan fingerprint density at radius 2 is 1.66 bits per heavy atom. The second-order valence-electron chi connectivity index (χ2n) is 9.69. The summed E-state index contributed by atoms with van der Waals surface area (Å²) in [6.45, 7) is 0.455. The van der Waals surface area contributed by atoms with Crippen LogP contribution in [0.4, 0.5) is 4.79 Å². The summed E-state index contributed by atoms with van der Waals surface area (Å²) in [4.78, 5) is 38.6. The second-order valence-corrected chi connectivity index (χ2v) is 9.69. The Kier molecular flexibility index (Phi) is 7.70. The molecular weight excluding hydrogens is 446 g/mol. The molecular formula is C27H33N3O5. The van der Waals surface area contributed by atoms with Crippen LogP contribution in [0.1, 0.15) is 42.7 Å². The topological polar surface area (TPSA) is 108 Å². The summed E-state index contributed by atoms with van der Waals surface area (Å²) in [6.07, 6.45) is 2.17. The summed E-state index contributed by atoms with van der Waals surface area (Å²) in [5, 5.41) is 15.0. The van der Waals surface area contributed by atoms with Crippen molar-refractivity contribution in [2.75, 3.05) is 27.2 Å². The van der Waals surface area contributed by atoms with Crippen LogP contribution in [0.3, 0.4) is 0 Å². The van der Waals surface area contributed by atoms with Crippen LogP contribution in [0.25, 0.3) is 11.1 Å². The Labute approximate surface area is 205 Å². The van der Waals surface area contributed by atoms with E-state index >= 15 is 0 Å². The van der Waals surface area contributed by atoms with E-state index in [9.17, 15) is 19.5 Å². The Hall–Kier alpha value is -3.39. The highest BCUT2D eigenvalue weighted by Gasteiger charge is 2.32. The second kappa shape index (κ2) is 10.9. The minimum Gasteiger partial charge on any atom is -0.480 e. The summed E-state index contributed by atoms with van der Waals surface area (Å²) >= 11 is 0. The molecule has 2 amide bonds. The van der Waals surface area contributed by atoms with Crippen LogP contribution in [-0.2, 0) is 14.3 Å². The van der Waals surface area contributed by atoms with Gasteiger partial charge in [-0.15, -0.1) is 0 Å². The molecule has 186 valence electrons. The van der Waals surface area contributed by atoms with Crippen LogP contribution >= 0.6 is 0 Å². The van der Waals surface area contributed by atoms with Gasteiger partial charge >= 0.3 is 12.1 Å². The van der Waals surface area contributed by atoms with E-state index in [2.05, 4.69) is 34.9 Å². The van der Waals surface area contributed by atoms with Crippen molar-refractivity contribution in [3.8, 4) is 11.1 Å². The van der Waals surface area contributed by atoms with E-state index < -0.39 is 18.1 Å². The third kappa shape index (κ3) is 5.82. The number of hydrogen-bond donors (Lipinski definition) is 3. The van der Waals surface area contributed by atoms with Gasteiger partial charge in [-0.25, -0.2) is 9.59 Å². The average molecular weight is 480 g/mol. The maximum atomic E-state index is 12.7. The maximum Gasteiger partial charge on any atom is 0.407 e. The van der Waals surface area contributed by atoms with Crippen LogP contribution in [0, 0.1) is 5.92 Å². The molecule has 1 saturated carbocycles. The van der Waals surface area contributed by atoms with E-state index in [0.717, 1.165) is 24.0 Å². The molecule has 2 aromatic rings. The average Bonchev–Trinajstić information content (AvgIpc) is 3.16. The molecule has 0 radical (unpaired) electrons. The first-order valence-corrected chi connectivity index (χ1v) is 12.1. The molecule has 0 aliphatic heterocycles. The standard InChI is InChI=1S/C27H33N3O5/c1-30(2)15-24(26(32)33)29-25(31)17-8-7-9-18(14-17)28-27(34)35-16-23-21-12-5-3-10-19(21)20-11-4-6-13-22(20)23/h3-6,10-13,17-18,23-24H,7-9,14-16H2,1-2H3,(H,28,34)(H,29,31)(H,32,33)/t17-,18-,24?/m1/s1. The van der Waals surface area contributed by atoms with Crippen LogP contribution in [0.15, 0.2) is 48.5 Å². The van der Waals surface area contributed by atoms with Crippen LogP contribution in [0.5, 0.6) is 0 Å². The molecule has 8 heteroatoms. The normalized spacial score (nSPS) is 20.0. The maximum absolute atomic E-state index is 12.7. The Morgan fingerprint density at radius 3 is 2.26 bits per heavy atom. The molecule has 2 aromatic carbocycles. The predicted octanol–water partition coefficient (Wildman–Crippen LogP) is 3.21. The number of amides is 2. The number of carbonyl (C=O) groups is 3. The largest absolute Gasteiger partial charge is 0.480 e. The monoisotopic (exact) mass is 479 g/mol. The van der Waals surface area contributed by atoms with E-state index in [1.54, 1.807) is 19.0 Å². The van der Waals surface area contributed by atoms with Crippen molar-refractivity contribution in [1.82, 2.24) is 15.5 Å². The van der Waals surface area contributed by atoms with E-state index in [1.807, 2.05) is 24.3 Å². The number of carbonyl (C=O) groups excluding carboxylic acids is 2. The number of fused-ring (bicyclic) bond motifs is 3. The van der Waals surface area contributed by atoms with Crippen LogP contribution in [0.2, 0.25) is 0 Å². The van der Waals surface area contributed by atoms with Crippen LogP contribution < -0.4 is 10.6 Å². The minimum atomic E-state index is -1.06. The first-order valence-electron chi connectivity index (χ1n) is 12.1. The molecule has 3 N–H and O–H groups in total. The van der Waals surface area contributed by atoms with Gasteiger partial charge in [0.05, 0.1) is 0 Å². The van der Waals surface area contributed by atoms with E-state index in [0.29, 0.717) is 12.8 Å². The number of rotatable bonds is 8. The molecule has 0 aromatic heterocycles. The molecule has 2 aliphatic rings. The Morgan fingerprint density at radius 1 is 1.03 bits per heavy atom. The summed E-state index contributed by atoms with van der Waals surface area (Å²) in [7, 11) is 3.52. The molecule has 2 aliphatic carbocycles. The number of hydrogen-bond acceptors (Lipinski definition) is 5. The highest BCUT2D eigenvalue weighted by Crippen LogP contribution is 2.44. The number of ether oxygens (including phenoxy) is 1. The number of carboxylic acid groups (broad SMARTS) is 1. The van der Waals surface area contributed by atoms with Gasteiger partial charge in [-0.1, -0.05) is 55.0 Å². The lowest BCUT2D eigenvalue weighted by molar-refractivity contribution is -0.143. The summed E-state index contributed by atoms with van der Waals surface area (Å²) in [6, 6.07) is 15.2. The zero-order valence-electron chi connectivity index (χ0n) is 20.2. The summed E-state index contributed by atoms with van der Waals surface area (Å²) < 4.78 is 5.64. The lowest BCUT2D eigenvalue weighted by atomic mass is 9.85. The van der Waals surface area contributed by atoms with E-state index in [-0.39, 0.29) is 36.9 Å². The van der Waals surface area contributed by atoms with Gasteiger partial charge in [0.1, 0.15) is 12.6 Å². The van der Waals surface area contributed by atoms with E-state index in [1.165, 1.54) is 11.1 Å². The third-order valence-corrected chi connectivity index (χ3v) is 6.87. The number of carboxylic acids is 1. The lowest BCUT2D eigenvalue weighted by Gasteiger charge is -2.30. The SMILES string of the molecule is CN(C)CC(NC(=O)[C@@H]1CCC[C@@H](NC(=O)OCC2c3ccccc3-c3ccccc32)C1)C(=O)O. The molecule has 1 fully saturated rings. The lowest BCUT2D eigenvalue weighted by Crippen LogP contribution is -2.50. The summed E-state index contributed by atoms with van der Waals surface area (Å²) in [5.74, 6) is -1.69. The number of benzene rings is 2. The van der Waals surface area contributed by atoms with Crippen molar-refractivity contribution in [2.45, 2.75) is 43.7 Å². The fourth-order valence-electron chi connectivity index (χ4n) is 5.21. The first kappa shape index (κ1) is 24.7. The van der Waals surface area contributed by atoms with Gasteiger partial charge in [0.15, 0.2) is 0 Å². The highest BCUT2D eigenvalue weighted by atomic mass is 16.5. The number of likely N-dealkylation sites (N-methyl/N-ethyl adjacent to an activating group) is 1. The molecule has 0 spiro atoms. The van der Waals surface area contributed by atoms with Gasteiger partial charge in [-0.2, -0.15) is 0 Å². The van der Waals surface area contributed by atoms with Gasteiger partial charge in [-0.05, 0) is 55.6 Å². The van der Waals surface area contributed by atoms with Crippen molar-refractivity contribution < 1.29 is 24.2 Å². The number of nitrogens with zero attached hydrogens (tertiary/aromatic N) is 1. The number of aliphatic carboxylic acids is 1.